The number of carboxylic acid groups (broad SMARTS) is 1. The number of rotatable bonds is 3. The van der Waals surface area contributed by atoms with Gasteiger partial charge in [0.2, 0.25) is 0 Å². The molecule has 13 heavy (non-hydrogen) atoms. The van der Waals surface area contributed by atoms with Gasteiger partial charge in [-0.05, 0) is 7.05 Å². The Morgan fingerprint density at radius 2 is 2.31 bits per heavy atom. The fraction of sp³-hybridized carbons (Fsp3) is 0.333. The second kappa shape index (κ2) is 3.27. The SMILES string of the molecule is CNCC1=C(C(=O)O)S(=O)(=O)N=C1. The number of nitrogens with one attached hydrogen (secondary N) is 1. The van der Waals surface area contributed by atoms with Gasteiger partial charge in [0.05, 0.1) is 0 Å². The summed E-state index contributed by atoms with van der Waals surface area (Å²) in [5.41, 5.74) is 0.176. The van der Waals surface area contributed by atoms with Gasteiger partial charge in [-0.2, -0.15) is 12.8 Å². The molecule has 0 spiro atoms. The maximum absolute atomic E-state index is 11.0. The van der Waals surface area contributed by atoms with E-state index in [-0.39, 0.29) is 12.1 Å². The molecule has 0 aliphatic carbocycles. The number of hydrogen-bond acceptors (Lipinski definition) is 4. The van der Waals surface area contributed by atoms with Gasteiger partial charge in [-0.1, -0.05) is 0 Å². The third-order valence-corrected chi connectivity index (χ3v) is 2.79. The lowest BCUT2D eigenvalue weighted by Gasteiger charge is -1.98. The van der Waals surface area contributed by atoms with Crippen molar-refractivity contribution in [3.8, 4) is 0 Å². The van der Waals surface area contributed by atoms with Gasteiger partial charge < -0.3 is 10.4 Å². The number of carbonyl (C=O) groups is 1. The molecule has 72 valence electrons. The summed E-state index contributed by atoms with van der Waals surface area (Å²) < 4.78 is 25.2. The first-order valence-corrected chi connectivity index (χ1v) is 4.84. The Labute approximate surface area is 75.0 Å². The summed E-state index contributed by atoms with van der Waals surface area (Å²) in [6, 6.07) is 0. The van der Waals surface area contributed by atoms with Crippen LogP contribution in [0.25, 0.3) is 0 Å². The molecular weight excluding hydrogens is 196 g/mol. The molecule has 7 heteroatoms. The number of nitrogens with zero attached hydrogens (tertiary/aromatic N) is 1. The standard InChI is InChI=1S/C6H8N2O4S/c1-7-2-4-3-8-13(11,12)5(4)6(9)10/h3,7H,2H2,1H3,(H,9,10). The van der Waals surface area contributed by atoms with Gasteiger partial charge in [0.15, 0.2) is 4.91 Å². The largest absolute Gasteiger partial charge is 0.477 e. The van der Waals surface area contributed by atoms with Crippen molar-refractivity contribution in [2.45, 2.75) is 0 Å². The lowest BCUT2D eigenvalue weighted by molar-refractivity contribution is -0.131. The monoisotopic (exact) mass is 204 g/mol. The van der Waals surface area contributed by atoms with Crippen LogP contribution >= 0.6 is 0 Å². The predicted molar refractivity (Wildman–Crippen MR) is 46.0 cm³/mol. The van der Waals surface area contributed by atoms with Crippen LogP contribution in [-0.2, 0) is 14.8 Å². The lowest BCUT2D eigenvalue weighted by Crippen LogP contribution is -2.16. The van der Waals surface area contributed by atoms with E-state index >= 15 is 0 Å². The maximum Gasteiger partial charge on any atom is 0.349 e. The van der Waals surface area contributed by atoms with Crippen molar-refractivity contribution in [3.05, 3.63) is 10.5 Å². The van der Waals surface area contributed by atoms with Crippen molar-refractivity contribution in [2.75, 3.05) is 13.6 Å². The van der Waals surface area contributed by atoms with E-state index in [4.69, 9.17) is 5.11 Å². The minimum atomic E-state index is -3.95. The van der Waals surface area contributed by atoms with Gasteiger partial charge in [0.1, 0.15) is 0 Å². The highest BCUT2D eigenvalue weighted by molar-refractivity contribution is 7.95. The van der Waals surface area contributed by atoms with Crippen molar-refractivity contribution in [1.29, 1.82) is 0 Å². The molecule has 0 atom stereocenters. The van der Waals surface area contributed by atoms with Gasteiger partial charge >= 0.3 is 5.97 Å². The molecule has 2 N–H and O–H groups in total. The van der Waals surface area contributed by atoms with Crippen LogP contribution in [0.15, 0.2) is 14.9 Å². The Kier molecular flexibility index (Phi) is 2.48. The van der Waals surface area contributed by atoms with Crippen LogP contribution < -0.4 is 5.32 Å². The molecule has 0 saturated carbocycles. The van der Waals surface area contributed by atoms with E-state index < -0.39 is 20.9 Å². The van der Waals surface area contributed by atoms with E-state index in [0.29, 0.717) is 0 Å². The zero-order chi connectivity index (χ0) is 10.1. The lowest BCUT2D eigenvalue weighted by atomic mass is 10.2. The second-order valence-electron chi connectivity index (χ2n) is 2.40. The second-order valence-corrected chi connectivity index (χ2v) is 3.97. The van der Waals surface area contributed by atoms with Crippen molar-refractivity contribution in [3.63, 3.8) is 0 Å². The summed E-state index contributed by atoms with van der Waals surface area (Å²) in [7, 11) is -2.36. The Morgan fingerprint density at radius 3 is 2.77 bits per heavy atom. The molecule has 0 bridgehead atoms. The van der Waals surface area contributed by atoms with Crippen molar-refractivity contribution < 1.29 is 18.3 Å². The van der Waals surface area contributed by atoms with Gasteiger partial charge in [0, 0.05) is 18.3 Å². The molecule has 1 aliphatic rings. The number of hydrogen-bond donors (Lipinski definition) is 2. The molecule has 0 amide bonds. The minimum absolute atomic E-state index is 0.171. The molecule has 0 aromatic rings. The summed E-state index contributed by atoms with van der Waals surface area (Å²) >= 11 is 0. The zero-order valence-electron chi connectivity index (χ0n) is 6.81. The van der Waals surface area contributed by atoms with Gasteiger partial charge in [-0.15, -0.1) is 0 Å². The van der Waals surface area contributed by atoms with Crippen LogP contribution in [0.2, 0.25) is 0 Å². The van der Waals surface area contributed by atoms with Crippen molar-refractivity contribution in [2.24, 2.45) is 4.40 Å². The fourth-order valence-electron chi connectivity index (χ4n) is 0.974. The number of carboxylic acids is 1. The molecule has 0 aromatic heterocycles. The van der Waals surface area contributed by atoms with Gasteiger partial charge in [-0.3, -0.25) is 0 Å². The fourth-order valence-corrected chi connectivity index (χ4v) is 2.02. The molecule has 1 heterocycles. The van der Waals surface area contributed by atoms with E-state index in [1.54, 1.807) is 7.05 Å². The van der Waals surface area contributed by atoms with Crippen LogP contribution in [0, 0.1) is 0 Å². The average Bonchev–Trinajstić information content (AvgIpc) is 2.26. The van der Waals surface area contributed by atoms with Crippen LogP contribution in [0.3, 0.4) is 0 Å². The number of likely N-dealkylation sites (N-methyl/N-ethyl adjacent to an activating group) is 1. The molecule has 1 aliphatic heterocycles. The first-order valence-electron chi connectivity index (χ1n) is 3.40. The summed E-state index contributed by atoms with van der Waals surface area (Å²) in [6.07, 6.45) is 1.05. The molecule has 6 nitrogen and oxygen atoms in total. The Bertz CT molecular complexity index is 393. The minimum Gasteiger partial charge on any atom is -0.477 e. The Balaban J connectivity index is 3.20. The summed E-state index contributed by atoms with van der Waals surface area (Å²) in [5.74, 6) is -1.47. The van der Waals surface area contributed by atoms with Gasteiger partial charge in [0.25, 0.3) is 10.0 Å². The van der Waals surface area contributed by atoms with Gasteiger partial charge in [-0.25, -0.2) is 4.79 Å². The van der Waals surface area contributed by atoms with Crippen LogP contribution in [0.4, 0.5) is 0 Å². The van der Waals surface area contributed by atoms with Crippen LogP contribution in [-0.4, -0.2) is 39.3 Å². The quantitative estimate of drug-likeness (QED) is 0.612. The van der Waals surface area contributed by atoms with Crippen LogP contribution in [0.1, 0.15) is 0 Å². The molecule has 0 fully saturated rings. The zero-order valence-corrected chi connectivity index (χ0v) is 7.63. The smallest absolute Gasteiger partial charge is 0.349 e. The topological polar surface area (TPSA) is 95.8 Å². The summed E-state index contributed by atoms with van der Waals surface area (Å²) in [6.45, 7) is 0.171. The summed E-state index contributed by atoms with van der Waals surface area (Å²) in [4.78, 5) is 9.92. The van der Waals surface area contributed by atoms with E-state index in [1.807, 2.05) is 0 Å². The summed E-state index contributed by atoms with van der Waals surface area (Å²) in [5, 5.41) is 11.3. The molecule has 0 saturated heterocycles. The third-order valence-electron chi connectivity index (χ3n) is 1.46. The molecular formula is C6H8N2O4S. The molecule has 0 aromatic carbocycles. The normalized spacial score (nSPS) is 19.5. The van der Waals surface area contributed by atoms with E-state index in [9.17, 15) is 13.2 Å². The van der Waals surface area contributed by atoms with E-state index in [2.05, 4.69) is 9.71 Å². The Morgan fingerprint density at radius 1 is 1.69 bits per heavy atom. The van der Waals surface area contributed by atoms with Crippen LogP contribution in [0.5, 0.6) is 0 Å². The number of aliphatic carboxylic acids is 1. The molecule has 0 unspecified atom stereocenters. The highest BCUT2D eigenvalue weighted by Crippen LogP contribution is 2.19. The van der Waals surface area contributed by atoms with Crippen molar-refractivity contribution in [1.82, 2.24) is 5.32 Å². The first kappa shape index (κ1) is 9.87. The highest BCUT2D eigenvalue weighted by atomic mass is 32.2. The number of sulfonamides is 1. The highest BCUT2D eigenvalue weighted by Gasteiger charge is 2.31. The van der Waals surface area contributed by atoms with E-state index in [0.717, 1.165) is 6.21 Å². The average molecular weight is 204 g/mol. The molecule has 1 rings (SSSR count). The van der Waals surface area contributed by atoms with Crippen molar-refractivity contribution >= 4 is 22.2 Å². The molecule has 0 radical (unpaired) electrons. The maximum atomic E-state index is 11.0. The predicted octanol–water partition coefficient (Wildman–Crippen LogP) is -1.04. The Hall–Kier alpha value is -1.21. The van der Waals surface area contributed by atoms with E-state index in [1.165, 1.54) is 0 Å². The third kappa shape index (κ3) is 1.76. The first-order chi connectivity index (χ1) is 5.99.